The van der Waals surface area contributed by atoms with Crippen LogP contribution in [-0.2, 0) is 27.4 Å². The molecule has 13 heteroatoms. The van der Waals surface area contributed by atoms with E-state index in [2.05, 4.69) is 20.9 Å². The fourth-order valence-corrected chi connectivity index (χ4v) is 5.16. The Bertz CT molecular complexity index is 1350. The Labute approximate surface area is 224 Å². The summed E-state index contributed by atoms with van der Waals surface area (Å²) in [7, 11) is 0. The van der Waals surface area contributed by atoms with Crippen molar-refractivity contribution >= 4 is 35.4 Å². The quantitative estimate of drug-likeness (QED) is 0.524. The Balaban J connectivity index is 1.24. The molecule has 0 radical (unpaired) electrons. The number of carbonyl (C=O) groups is 5. The average Bonchev–Trinajstić information content (AvgIpc) is 3.57. The van der Waals surface area contributed by atoms with Crippen LogP contribution >= 0.6 is 0 Å². The Morgan fingerprint density at radius 3 is 2.69 bits per heavy atom. The van der Waals surface area contributed by atoms with Gasteiger partial charge in [0.15, 0.2) is 0 Å². The van der Waals surface area contributed by atoms with E-state index in [-0.39, 0.29) is 42.6 Å². The van der Waals surface area contributed by atoms with E-state index in [1.807, 2.05) is 20.8 Å². The van der Waals surface area contributed by atoms with Crippen LogP contribution in [0.4, 0.5) is 10.5 Å². The second-order valence-corrected chi connectivity index (χ2v) is 10.9. The molecule has 0 aliphatic carbocycles. The number of piperidine rings is 1. The van der Waals surface area contributed by atoms with Crippen molar-refractivity contribution in [2.45, 2.75) is 77.2 Å². The Hall–Kier alpha value is -4.29. The van der Waals surface area contributed by atoms with Crippen LogP contribution in [0, 0.1) is 0 Å². The van der Waals surface area contributed by atoms with Crippen LogP contribution in [0.1, 0.15) is 72.9 Å². The second-order valence-electron chi connectivity index (χ2n) is 10.9. The molecule has 2 atom stereocenters. The Kier molecular flexibility index (Phi) is 6.83. The van der Waals surface area contributed by atoms with Gasteiger partial charge in [-0.2, -0.15) is 0 Å². The highest BCUT2D eigenvalue weighted by Gasteiger charge is 2.45. The van der Waals surface area contributed by atoms with Gasteiger partial charge < -0.3 is 15.0 Å². The lowest BCUT2D eigenvalue weighted by Crippen LogP contribution is -2.54. The molecule has 1 aromatic heterocycles. The summed E-state index contributed by atoms with van der Waals surface area (Å²) in [6, 6.07) is 3.80. The predicted molar refractivity (Wildman–Crippen MR) is 136 cm³/mol. The molecule has 0 spiro atoms. The van der Waals surface area contributed by atoms with Crippen molar-refractivity contribution in [3.05, 3.63) is 41.2 Å². The third-order valence-corrected chi connectivity index (χ3v) is 6.92. The van der Waals surface area contributed by atoms with Crippen molar-refractivity contribution in [1.82, 2.24) is 30.1 Å². The zero-order valence-corrected chi connectivity index (χ0v) is 22.1. The summed E-state index contributed by atoms with van der Waals surface area (Å²) >= 11 is 0. The number of aromatic nitrogens is 3. The summed E-state index contributed by atoms with van der Waals surface area (Å²) < 4.78 is 7.21. The number of hydrogen-bond donors (Lipinski definition) is 2. The standard InChI is InChI=1S/C26H31N7O6/c1-26(2,3)39-25(38)32-11-5-6-16(32)14-31-13-15(29-30-31)12-27-18-8-4-7-17-21(18)24(37)33(23(17)36)19-9-10-20(34)28-22(19)35/h4,7-8,13,16,19,27H,5-6,9-12,14H2,1-3H3,(H,28,34,35)/t16-,19?/m0/s1. The van der Waals surface area contributed by atoms with E-state index in [0.717, 1.165) is 17.7 Å². The highest BCUT2D eigenvalue weighted by Crippen LogP contribution is 2.32. The van der Waals surface area contributed by atoms with Crippen LogP contribution < -0.4 is 10.6 Å². The highest BCUT2D eigenvalue weighted by molar-refractivity contribution is 6.25. The maximum Gasteiger partial charge on any atom is 0.410 e. The zero-order chi connectivity index (χ0) is 27.9. The fourth-order valence-electron chi connectivity index (χ4n) is 5.16. The number of nitrogens with zero attached hydrogens (tertiary/aromatic N) is 5. The van der Waals surface area contributed by atoms with Crippen LogP contribution in [0.3, 0.4) is 0 Å². The van der Waals surface area contributed by atoms with E-state index in [1.54, 1.807) is 34.0 Å². The summed E-state index contributed by atoms with van der Waals surface area (Å²) in [5.41, 5.74) is 0.842. The number of imide groups is 2. The molecular formula is C26H31N7O6. The number of fused-ring (bicyclic) bond motifs is 1. The van der Waals surface area contributed by atoms with Crippen molar-refractivity contribution in [3.8, 4) is 0 Å². The van der Waals surface area contributed by atoms with E-state index in [9.17, 15) is 24.0 Å². The highest BCUT2D eigenvalue weighted by atomic mass is 16.6. The monoisotopic (exact) mass is 537 g/mol. The lowest BCUT2D eigenvalue weighted by atomic mass is 10.0. The van der Waals surface area contributed by atoms with Gasteiger partial charge in [0.1, 0.15) is 17.3 Å². The number of rotatable bonds is 6. The number of nitrogens with one attached hydrogen (secondary N) is 2. The lowest BCUT2D eigenvalue weighted by molar-refractivity contribution is -0.136. The molecule has 2 fully saturated rings. The number of ether oxygens (including phenoxy) is 1. The number of benzene rings is 1. The van der Waals surface area contributed by atoms with E-state index in [4.69, 9.17) is 4.74 Å². The van der Waals surface area contributed by atoms with Gasteiger partial charge in [0.2, 0.25) is 11.8 Å². The first-order chi connectivity index (χ1) is 18.5. The number of anilines is 1. The average molecular weight is 538 g/mol. The van der Waals surface area contributed by atoms with Gasteiger partial charge in [-0.15, -0.1) is 5.10 Å². The summed E-state index contributed by atoms with van der Waals surface area (Å²) in [4.78, 5) is 65.4. The molecule has 2 aromatic rings. The third-order valence-electron chi connectivity index (χ3n) is 6.92. The summed E-state index contributed by atoms with van der Waals surface area (Å²) in [6.45, 7) is 6.85. The summed E-state index contributed by atoms with van der Waals surface area (Å²) in [5.74, 6) is -2.22. The van der Waals surface area contributed by atoms with Crippen molar-refractivity contribution in [3.63, 3.8) is 0 Å². The van der Waals surface area contributed by atoms with Crippen LogP contribution in [-0.4, -0.2) is 78.7 Å². The van der Waals surface area contributed by atoms with E-state index in [1.165, 1.54) is 0 Å². The molecule has 5 amide bonds. The number of amides is 5. The largest absolute Gasteiger partial charge is 0.444 e. The molecule has 2 N–H and O–H groups in total. The lowest BCUT2D eigenvalue weighted by Gasteiger charge is -2.28. The normalized spacial score (nSPS) is 21.3. The molecule has 39 heavy (non-hydrogen) atoms. The second kappa shape index (κ2) is 10.1. The maximum absolute atomic E-state index is 13.3. The van der Waals surface area contributed by atoms with Gasteiger partial charge in [0, 0.05) is 18.7 Å². The number of hydrogen-bond acceptors (Lipinski definition) is 9. The minimum Gasteiger partial charge on any atom is -0.444 e. The molecule has 3 aliphatic heterocycles. The van der Waals surface area contributed by atoms with E-state index >= 15 is 0 Å². The van der Waals surface area contributed by atoms with E-state index < -0.39 is 35.3 Å². The van der Waals surface area contributed by atoms with E-state index in [0.29, 0.717) is 24.5 Å². The van der Waals surface area contributed by atoms with Crippen LogP contribution in [0.15, 0.2) is 24.4 Å². The van der Waals surface area contributed by atoms with Crippen molar-refractivity contribution in [2.24, 2.45) is 0 Å². The Morgan fingerprint density at radius 2 is 1.95 bits per heavy atom. The molecule has 0 bridgehead atoms. The van der Waals surface area contributed by atoms with Crippen molar-refractivity contribution < 1.29 is 28.7 Å². The minimum absolute atomic E-state index is 0.0540. The minimum atomic E-state index is -1.03. The molecule has 0 saturated carbocycles. The first-order valence-corrected chi connectivity index (χ1v) is 13.0. The molecule has 5 rings (SSSR count). The first kappa shape index (κ1) is 26.3. The number of likely N-dealkylation sites (tertiary alicyclic amines) is 1. The van der Waals surface area contributed by atoms with Crippen LogP contribution in [0.5, 0.6) is 0 Å². The molecule has 1 aromatic carbocycles. The molecule has 2 saturated heterocycles. The van der Waals surface area contributed by atoms with Gasteiger partial charge in [0.25, 0.3) is 11.8 Å². The fraction of sp³-hybridized carbons (Fsp3) is 0.500. The van der Waals surface area contributed by atoms with Gasteiger partial charge in [-0.1, -0.05) is 11.3 Å². The molecule has 1 unspecified atom stereocenters. The van der Waals surface area contributed by atoms with Crippen LogP contribution in [0.25, 0.3) is 0 Å². The van der Waals surface area contributed by atoms with Crippen molar-refractivity contribution in [2.75, 3.05) is 11.9 Å². The summed E-state index contributed by atoms with van der Waals surface area (Å²) in [6.07, 6.45) is 3.30. The molecular weight excluding hydrogens is 506 g/mol. The SMILES string of the molecule is CC(C)(C)OC(=O)N1CCC[C@H]1Cn1cc(CNc2cccc3c2C(=O)N(C2CCC(=O)NC2=O)C3=O)nn1. The number of carbonyl (C=O) groups excluding carboxylic acids is 5. The first-order valence-electron chi connectivity index (χ1n) is 13.0. The zero-order valence-electron chi connectivity index (χ0n) is 22.1. The molecule has 4 heterocycles. The van der Waals surface area contributed by atoms with Gasteiger partial charge in [-0.25, -0.2) is 4.79 Å². The molecule has 206 valence electrons. The smallest absolute Gasteiger partial charge is 0.410 e. The summed E-state index contributed by atoms with van der Waals surface area (Å²) in [5, 5.41) is 13.8. The van der Waals surface area contributed by atoms with Gasteiger partial charge >= 0.3 is 6.09 Å². The third kappa shape index (κ3) is 5.33. The topological polar surface area (TPSA) is 156 Å². The Morgan fingerprint density at radius 1 is 1.15 bits per heavy atom. The van der Waals surface area contributed by atoms with Gasteiger partial charge in [-0.05, 0) is 52.2 Å². The predicted octanol–water partition coefficient (Wildman–Crippen LogP) is 1.69. The van der Waals surface area contributed by atoms with Gasteiger partial charge in [-0.3, -0.25) is 34.1 Å². The maximum atomic E-state index is 13.3. The molecule has 3 aliphatic rings. The van der Waals surface area contributed by atoms with Crippen molar-refractivity contribution in [1.29, 1.82) is 0 Å². The van der Waals surface area contributed by atoms with Gasteiger partial charge in [0.05, 0.1) is 36.5 Å². The molecule has 13 nitrogen and oxygen atoms in total. The van der Waals surface area contributed by atoms with Crippen LogP contribution in [0.2, 0.25) is 0 Å².